The van der Waals surface area contributed by atoms with Gasteiger partial charge in [-0.15, -0.1) is 0 Å². The number of halogens is 1. The van der Waals surface area contributed by atoms with E-state index in [0.717, 1.165) is 28.7 Å². The molecule has 1 spiro atoms. The van der Waals surface area contributed by atoms with Crippen molar-refractivity contribution in [3.05, 3.63) is 22.2 Å². The van der Waals surface area contributed by atoms with Crippen LogP contribution < -0.4 is 9.64 Å². The Hall–Kier alpha value is -1.92. The first-order valence-electron chi connectivity index (χ1n) is 14.2. The Kier molecular flexibility index (Phi) is 6.74. The van der Waals surface area contributed by atoms with Crippen LogP contribution in [0.3, 0.4) is 0 Å². The molecule has 2 bridgehead atoms. The van der Waals surface area contributed by atoms with Gasteiger partial charge >= 0.3 is 11.9 Å². The largest absolute Gasteiger partial charge is 0.495 e. The highest BCUT2D eigenvalue weighted by Crippen LogP contribution is 2.75. The van der Waals surface area contributed by atoms with Gasteiger partial charge in [0.1, 0.15) is 5.75 Å². The Bertz CT molecular complexity index is 1220. The number of hydrogen-bond donors (Lipinski definition) is 0. The number of benzene rings is 1. The van der Waals surface area contributed by atoms with Gasteiger partial charge in [-0.3, -0.25) is 9.69 Å². The van der Waals surface area contributed by atoms with Crippen LogP contribution >= 0.6 is 15.9 Å². The van der Waals surface area contributed by atoms with Gasteiger partial charge in [0.05, 0.1) is 42.3 Å². The molecular weight excluding hydrogens is 584 g/mol. The highest BCUT2D eigenvalue weighted by Gasteiger charge is 2.90. The minimum Gasteiger partial charge on any atom is -0.495 e. The van der Waals surface area contributed by atoms with Crippen molar-refractivity contribution in [1.29, 1.82) is 0 Å². The van der Waals surface area contributed by atoms with Crippen LogP contribution in [0.5, 0.6) is 5.75 Å². The molecule has 40 heavy (non-hydrogen) atoms. The number of likely N-dealkylation sites (N-methyl/N-ethyl adjacent to an activating group) is 1. The molecule has 0 amide bonds. The average Bonchev–Trinajstić information content (AvgIpc) is 3.58. The van der Waals surface area contributed by atoms with E-state index in [-0.39, 0.29) is 12.1 Å². The number of esters is 2. The van der Waals surface area contributed by atoms with E-state index in [1.54, 1.807) is 7.11 Å². The van der Waals surface area contributed by atoms with Gasteiger partial charge in [0.25, 0.3) is 0 Å². The first-order valence-corrected chi connectivity index (χ1v) is 15.0. The van der Waals surface area contributed by atoms with Gasteiger partial charge in [0, 0.05) is 56.9 Å². The monoisotopic (exact) mass is 622 g/mol. The molecule has 5 aliphatic rings. The van der Waals surface area contributed by atoms with Crippen molar-refractivity contribution in [3.63, 3.8) is 0 Å². The summed E-state index contributed by atoms with van der Waals surface area (Å²) in [7, 11) is 5.00. The predicted molar refractivity (Wildman–Crippen MR) is 148 cm³/mol. The van der Waals surface area contributed by atoms with Crippen molar-refractivity contribution >= 4 is 33.6 Å². The second-order valence-electron chi connectivity index (χ2n) is 11.5. The van der Waals surface area contributed by atoms with Crippen molar-refractivity contribution in [2.45, 2.75) is 88.2 Å². The zero-order valence-corrected chi connectivity index (χ0v) is 25.8. The van der Waals surface area contributed by atoms with Gasteiger partial charge in [0.15, 0.2) is 12.4 Å². The Morgan fingerprint density at radius 2 is 1.85 bits per heavy atom. The summed E-state index contributed by atoms with van der Waals surface area (Å²) < 4.78 is 37.9. The molecule has 4 fully saturated rings. The second kappa shape index (κ2) is 9.55. The SMILES string of the molecule is CCOC(OCC)[C@@H]1[C@H]2O[C@@]3(C(=O)OC)[C@@H]4N(C)c5cc(OC)c(Br)cc5[C@@]45CCN1[C@H]5[C@]2(CC)[C@H]3OC(C)=O. The number of rotatable bonds is 9. The molecule has 0 N–H and O–H groups in total. The summed E-state index contributed by atoms with van der Waals surface area (Å²) in [5.41, 5.74) is -0.708. The quantitative estimate of drug-likeness (QED) is 0.302. The number of hydrogen-bond acceptors (Lipinski definition) is 10. The molecule has 10 nitrogen and oxygen atoms in total. The molecule has 0 radical (unpaired) electrons. The van der Waals surface area contributed by atoms with E-state index in [1.165, 1.54) is 14.0 Å². The lowest BCUT2D eigenvalue weighted by Crippen LogP contribution is -2.77. The van der Waals surface area contributed by atoms with Crippen LogP contribution in [0, 0.1) is 5.41 Å². The van der Waals surface area contributed by atoms with Gasteiger partial charge in [-0.25, -0.2) is 4.79 Å². The zero-order chi connectivity index (χ0) is 28.8. The maximum atomic E-state index is 14.2. The lowest BCUT2D eigenvalue weighted by molar-refractivity contribution is -0.221. The molecule has 1 aliphatic carbocycles. The normalized spacial score (nSPS) is 38.5. The summed E-state index contributed by atoms with van der Waals surface area (Å²) in [6.45, 7) is 9.08. The van der Waals surface area contributed by atoms with Crippen molar-refractivity contribution < 1.29 is 38.0 Å². The molecule has 4 heterocycles. The maximum Gasteiger partial charge on any atom is 0.344 e. The lowest BCUT2D eigenvalue weighted by atomic mass is 9.49. The first kappa shape index (κ1) is 28.2. The van der Waals surface area contributed by atoms with E-state index in [0.29, 0.717) is 25.4 Å². The average molecular weight is 624 g/mol. The van der Waals surface area contributed by atoms with E-state index < -0.39 is 52.9 Å². The zero-order valence-electron chi connectivity index (χ0n) is 24.2. The molecule has 220 valence electrons. The van der Waals surface area contributed by atoms with Gasteiger partial charge in [0.2, 0.25) is 5.60 Å². The Balaban J connectivity index is 1.68. The fourth-order valence-corrected chi connectivity index (χ4v) is 9.97. The molecule has 0 unspecified atom stereocenters. The number of ether oxygens (including phenoxy) is 6. The summed E-state index contributed by atoms with van der Waals surface area (Å²) in [5, 5.41) is 0. The number of anilines is 1. The third kappa shape index (κ3) is 3.08. The van der Waals surface area contributed by atoms with Gasteiger partial charge in [-0.2, -0.15) is 0 Å². The van der Waals surface area contributed by atoms with Crippen molar-refractivity contribution in [3.8, 4) is 5.75 Å². The van der Waals surface area contributed by atoms with E-state index in [9.17, 15) is 9.59 Å². The Labute approximate surface area is 243 Å². The molecule has 1 saturated carbocycles. The van der Waals surface area contributed by atoms with Crippen LogP contribution in [0.2, 0.25) is 0 Å². The van der Waals surface area contributed by atoms with Crippen LogP contribution in [-0.4, -0.2) is 100 Å². The van der Waals surface area contributed by atoms with Gasteiger partial charge in [-0.1, -0.05) is 6.92 Å². The highest BCUT2D eigenvalue weighted by atomic mass is 79.9. The molecular formula is C29H39BrN2O8. The van der Waals surface area contributed by atoms with Crippen LogP contribution in [0.25, 0.3) is 0 Å². The number of methoxy groups -OCH3 is 2. The number of carbonyl (C=O) groups is 2. The van der Waals surface area contributed by atoms with Crippen LogP contribution in [0.1, 0.15) is 46.1 Å². The van der Waals surface area contributed by atoms with E-state index in [4.69, 9.17) is 28.4 Å². The minimum atomic E-state index is -1.57. The number of nitrogens with zero attached hydrogens (tertiary/aromatic N) is 2. The third-order valence-electron chi connectivity index (χ3n) is 10.3. The standard InChI is InChI=1S/C29H39BrN2O8/c1-8-27-21-20(22(37-9-2)38-10-3)32-12-11-28(23(27)32)16-13-17(30)19(35-6)14-18(16)31(5)24(28)29(40-21,26(34)36-7)25(27)39-15(4)33/h13-14,20-25H,8-12H2,1-7H3/t20-,21+,23-,24+,25+,27+,28+,29-/m0/s1. The van der Waals surface area contributed by atoms with Crippen molar-refractivity contribution in [1.82, 2.24) is 4.90 Å². The molecule has 3 saturated heterocycles. The molecule has 1 aromatic rings. The van der Waals surface area contributed by atoms with Crippen LogP contribution in [-0.2, 0) is 38.7 Å². The summed E-state index contributed by atoms with van der Waals surface area (Å²) in [4.78, 5) is 31.6. The second-order valence-corrected chi connectivity index (χ2v) is 12.4. The lowest BCUT2D eigenvalue weighted by Gasteiger charge is -2.57. The molecule has 11 heteroatoms. The van der Waals surface area contributed by atoms with Gasteiger partial charge in [-0.05, 0) is 54.2 Å². The van der Waals surface area contributed by atoms with Crippen molar-refractivity contribution in [2.24, 2.45) is 5.41 Å². The van der Waals surface area contributed by atoms with E-state index in [2.05, 4.69) is 38.7 Å². The first-order chi connectivity index (χ1) is 19.1. The molecule has 4 aliphatic heterocycles. The predicted octanol–water partition coefficient (Wildman–Crippen LogP) is 3.02. The fourth-order valence-electron chi connectivity index (χ4n) is 9.46. The van der Waals surface area contributed by atoms with E-state index >= 15 is 0 Å². The van der Waals surface area contributed by atoms with Crippen LogP contribution in [0.15, 0.2) is 16.6 Å². The van der Waals surface area contributed by atoms with Crippen molar-refractivity contribution in [2.75, 3.05) is 45.9 Å². The number of fused-ring (bicyclic) bond motifs is 3. The molecule has 1 aromatic carbocycles. The molecule has 8 atom stereocenters. The highest BCUT2D eigenvalue weighted by molar-refractivity contribution is 9.10. The minimum absolute atomic E-state index is 0.109. The Morgan fingerprint density at radius 3 is 2.42 bits per heavy atom. The van der Waals surface area contributed by atoms with E-state index in [1.807, 2.05) is 27.0 Å². The Morgan fingerprint density at radius 1 is 1.15 bits per heavy atom. The maximum absolute atomic E-state index is 14.2. The van der Waals surface area contributed by atoms with Gasteiger partial charge < -0.3 is 33.3 Å². The summed E-state index contributed by atoms with van der Waals surface area (Å²) in [6.07, 6.45) is -0.518. The molecule has 6 rings (SSSR count). The summed E-state index contributed by atoms with van der Waals surface area (Å²) in [5.74, 6) is -0.286. The summed E-state index contributed by atoms with van der Waals surface area (Å²) >= 11 is 3.73. The topological polar surface area (TPSA) is 96.0 Å². The van der Waals surface area contributed by atoms with Crippen LogP contribution in [0.4, 0.5) is 5.69 Å². The molecule has 0 aromatic heterocycles. The summed E-state index contributed by atoms with van der Waals surface area (Å²) in [6, 6.07) is 3.26. The third-order valence-corrected chi connectivity index (χ3v) is 10.9. The smallest absolute Gasteiger partial charge is 0.344 e. The fraction of sp³-hybridized carbons (Fsp3) is 0.724. The number of carbonyl (C=O) groups excluding carboxylic acids is 2.